The predicted octanol–water partition coefficient (Wildman–Crippen LogP) is 2.18. The summed E-state index contributed by atoms with van der Waals surface area (Å²) in [5, 5.41) is 8.65. The van der Waals surface area contributed by atoms with Crippen LogP contribution in [0.3, 0.4) is 0 Å². The fourth-order valence-electron chi connectivity index (χ4n) is 3.56. The second-order valence-corrected chi connectivity index (χ2v) is 6.83. The maximum atomic E-state index is 11.3. The Hall–Kier alpha value is -3.16. The normalized spacial score (nSPS) is 15.4. The van der Waals surface area contributed by atoms with E-state index in [9.17, 15) is 4.79 Å². The molecule has 1 aliphatic heterocycles. The van der Waals surface area contributed by atoms with Crippen molar-refractivity contribution in [2.75, 3.05) is 31.1 Å². The Balaban J connectivity index is 1.40. The van der Waals surface area contributed by atoms with E-state index in [1.807, 2.05) is 42.6 Å². The van der Waals surface area contributed by atoms with Gasteiger partial charge in [0, 0.05) is 56.9 Å². The van der Waals surface area contributed by atoms with Crippen LogP contribution < -0.4 is 10.4 Å². The van der Waals surface area contributed by atoms with Crippen molar-refractivity contribution in [3.05, 3.63) is 72.2 Å². The second kappa shape index (κ2) is 8.24. The number of hydrogen-bond acceptors (Lipinski definition) is 5. The molecule has 7 heteroatoms. The predicted molar refractivity (Wildman–Crippen MR) is 108 cm³/mol. The minimum Gasteiger partial charge on any atom is -0.368 e. The summed E-state index contributed by atoms with van der Waals surface area (Å²) >= 11 is 0. The second-order valence-electron chi connectivity index (χ2n) is 6.83. The van der Waals surface area contributed by atoms with Gasteiger partial charge >= 0.3 is 0 Å². The van der Waals surface area contributed by atoms with Gasteiger partial charge in [-0.2, -0.15) is 0 Å². The van der Waals surface area contributed by atoms with E-state index >= 15 is 0 Å². The van der Waals surface area contributed by atoms with E-state index in [0.29, 0.717) is 0 Å². The molecule has 2 N–H and O–H groups in total. The summed E-state index contributed by atoms with van der Waals surface area (Å²) in [6.45, 7) is 4.55. The van der Waals surface area contributed by atoms with E-state index < -0.39 is 5.91 Å². The summed E-state index contributed by atoms with van der Waals surface area (Å²) in [6.07, 6.45) is 7.17. The Kier molecular flexibility index (Phi) is 5.36. The number of hydrogen-bond donors (Lipinski definition) is 2. The van der Waals surface area contributed by atoms with Gasteiger partial charge in [0.05, 0.1) is 5.69 Å². The van der Waals surface area contributed by atoms with Crippen molar-refractivity contribution < 1.29 is 10.0 Å². The zero-order chi connectivity index (χ0) is 19.3. The molecular formula is C21H23N5O2. The molecule has 4 rings (SSSR count). The van der Waals surface area contributed by atoms with E-state index in [2.05, 4.69) is 31.4 Å². The average molecular weight is 377 g/mol. The van der Waals surface area contributed by atoms with Gasteiger partial charge in [-0.1, -0.05) is 24.3 Å². The summed E-state index contributed by atoms with van der Waals surface area (Å²) < 4.78 is 2.05. The smallest absolute Gasteiger partial charge is 0.267 e. The molecule has 0 spiro atoms. The van der Waals surface area contributed by atoms with Crippen LogP contribution in [0.4, 0.5) is 5.69 Å². The van der Waals surface area contributed by atoms with Crippen molar-refractivity contribution in [1.29, 1.82) is 0 Å². The highest BCUT2D eigenvalue weighted by molar-refractivity contribution is 5.91. The molecule has 3 aromatic rings. The molecule has 144 valence electrons. The van der Waals surface area contributed by atoms with E-state index in [0.717, 1.165) is 55.3 Å². The van der Waals surface area contributed by atoms with Crippen LogP contribution in [-0.2, 0) is 11.3 Å². The minimum absolute atomic E-state index is 0.535. The number of nitrogens with zero attached hydrogens (tertiary/aromatic N) is 4. The van der Waals surface area contributed by atoms with Crippen LogP contribution in [0.25, 0.3) is 11.7 Å². The lowest BCUT2D eigenvalue weighted by molar-refractivity contribution is -0.124. The fraction of sp³-hybridized carbons (Fsp3) is 0.238. The van der Waals surface area contributed by atoms with Gasteiger partial charge in [-0.05, 0) is 29.8 Å². The molecule has 2 aromatic heterocycles. The van der Waals surface area contributed by atoms with Gasteiger partial charge in [0.2, 0.25) is 0 Å². The molecule has 28 heavy (non-hydrogen) atoms. The van der Waals surface area contributed by atoms with Crippen molar-refractivity contribution in [2.24, 2.45) is 0 Å². The largest absolute Gasteiger partial charge is 0.368 e. The van der Waals surface area contributed by atoms with Gasteiger partial charge in [-0.25, -0.2) is 10.5 Å². The van der Waals surface area contributed by atoms with E-state index in [-0.39, 0.29) is 0 Å². The maximum absolute atomic E-state index is 11.3. The van der Waals surface area contributed by atoms with Crippen molar-refractivity contribution in [3.63, 3.8) is 0 Å². The van der Waals surface area contributed by atoms with Gasteiger partial charge in [0.25, 0.3) is 5.91 Å². The number of aromatic nitrogens is 2. The van der Waals surface area contributed by atoms with Gasteiger partial charge in [-0.3, -0.25) is 14.9 Å². The first-order chi connectivity index (χ1) is 13.7. The molecular weight excluding hydrogens is 354 g/mol. The number of para-hydroxylation sites is 1. The Morgan fingerprint density at radius 2 is 1.89 bits per heavy atom. The summed E-state index contributed by atoms with van der Waals surface area (Å²) in [4.78, 5) is 20.7. The third-order valence-electron chi connectivity index (χ3n) is 4.97. The van der Waals surface area contributed by atoms with Crippen molar-refractivity contribution in [2.45, 2.75) is 6.54 Å². The highest BCUT2D eigenvalue weighted by atomic mass is 16.5. The number of fused-ring (bicyclic) bond motifs is 1. The number of nitrogens with one attached hydrogen (secondary N) is 1. The topological polar surface area (TPSA) is 73.1 Å². The number of imidazole rings is 1. The number of pyridine rings is 1. The first kappa shape index (κ1) is 18.2. The van der Waals surface area contributed by atoms with Crippen LogP contribution >= 0.6 is 0 Å². The number of carbonyl (C=O) groups excluding carboxylic acids is 1. The van der Waals surface area contributed by atoms with Crippen molar-refractivity contribution in [1.82, 2.24) is 19.8 Å². The van der Waals surface area contributed by atoms with Gasteiger partial charge in [-0.15, -0.1) is 0 Å². The number of rotatable bonds is 5. The monoisotopic (exact) mass is 377 g/mol. The zero-order valence-electron chi connectivity index (χ0n) is 15.5. The van der Waals surface area contributed by atoms with Crippen LogP contribution in [0.2, 0.25) is 0 Å². The summed E-state index contributed by atoms with van der Waals surface area (Å²) in [6, 6.07) is 14.0. The molecule has 0 atom stereocenters. The van der Waals surface area contributed by atoms with Gasteiger partial charge in [0.1, 0.15) is 5.65 Å². The van der Waals surface area contributed by atoms with Gasteiger partial charge in [0.15, 0.2) is 0 Å². The molecule has 0 aliphatic carbocycles. The third-order valence-corrected chi connectivity index (χ3v) is 4.97. The molecule has 1 fully saturated rings. The van der Waals surface area contributed by atoms with Crippen LogP contribution in [0.15, 0.2) is 60.9 Å². The first-order valence-corrected chi connectivity index (χ1v) is 9.34. The molecule has 1 saturated heterocycles. The highest BCUT2D eigenvalue weighted by Gasteiger charge is 2.19. The Bertz CT molecular complexity index is 956. The Labute approximate surface area is 163 Å². The summed E-state index contributed by atoms with van der Waals surface area (Å²) in [7, 11) is 0. The zero-order valence-corrected chi connectivity index (χ0v) is 15.5. The lowest BCUT2D eigenvalue weighted by Crippen LogP contribution is -2.46. The Morgan fingerprint density at radius 3 is 2.68 bits per heavy atom. The van der Waals surface area contributed by atoms with Crippen LogP contribution in [-0.4, -0.2) is 51.6 Å². The molecule has 0 unspecified atom stereocenters. The van der Waals surface area contributed by atoms with Crippen molar-refractivity contribution in [3.8, 4) is 0 Å². The van der Waals surface area contributed by atoms with Crippen LogP contribution in [0.1, 0.15) is 11.3 Å². The molecule has 1 aromatic carbocycles. The quantitative estimate of drug-likeness (QED) is 0.405. The number of piperazine rings is 1. The SMILES string of the molecule is O=C(C=Cc1ccccc1N1CCN(Cc2cn3ccccc3n2)CC1)NO. The van der Waals surface area contributed by atoms with Crippen molar-refractivity contribution >= 4 is 23.3 Å². The van der Waals surface area contributed by atoms with E-state index in [1.165, 1.54) is 6.08 Å². The summed E-state index contributed by atoms with van der Waals surface area (Å²) in [5.41, 5.74) is 5.73. The third kappa shape index (κ3) is 4.05. The fourth-order valence-corrected chi connectivity index (χ4v) is 3.56. The molecule has 1 amide bonds. The lowest BCUT2D eigenvalue weighted by Gasteiger charge is -2.36. The standard InChI is InChI=1S/C21H23N5O2/c27-21(23-28)9-8-17-5-1-2-6-19(17)25-13-11-24(12-14-25)15-18-16-26-10-4-3-7-20(26)22-18/h1-10,16,28H,11-15H2,(H,23,27). The molecule has 3 heterocycles. The Morgan fingerprint density at radius 1 is 1.11 bits per heavy atom. The maximum Gasteiger partial charge on any atom is 0.267 e. The number of benzene rings is 1. The molecule has 0 saturated carbocycles. The molecule has 0 radical (unpaired) electrons. The molecule has 0 bridgehead atoms. The van der Waals surface area contributed by atoms with Gasteiger partial charge < -0.3 is 9.30 Å². The highest BCUT2D eigenvalue weighted by Crippen LogP contribution is 2.23. The molecule has 1 aliphatic rings. The average Bonchev–Trinajstić information content (AvgIpc) is 3.15. The van der Waals surface area contributed by atoms with E-state index in [4.69, 9.17) is 5.21 Å². The number of carbonyl (C=O) groups is 1. The first-order valence-electron chi connectivity index (χ1n) is 9.34. The van der Waals surface area contributed by atoms with Crippen LogP contribution in [0, 0.1) is 0 Å². The lowest BCUT2D eigenvalue weighted by atomic mass is 10.1. The molecule has 7 nitrogen and oxygen atoms in total. The summed E-state index contributed by atoms with van der Waals surface area (Å²) in [5.74, 6) is -0.535. The number of anilines is 1. The number of amides is 1. The number of hydroxylamine groups is 1. The minimum atomic E-state index is -0.535. The van der Waals surface area contributed by atoms with E-state index in [1.54, 1.807) is 11.6 Å². The van der Waals surface area contributed by atoms with Crippen LogP contribution in [0.5, 0.6) is 0 Å².